The van der Waals surface area contributed by atoms with E-state index in [0.29, 0.717) is 12.1 Å². The monoisotopic (exact) mass is 448 g/mol. The molecule has 6 nitrogen and oxygen atoms in total. The molecule has 3 N–H and O–H groups in total. The van der Waals surface area contributed by atoms with Gasteiger partial charge < -0.3 is 25.0 Å². The summed E-state index contributed by atoms with van der Waals surface area (Å²) in [5.74, 6) is 1.02. The van der Waals surface area contributed by atoms with Gasteiger partial charge in [-0.15, -0.1) is 11.8 Å². The first kappa shape index (κ1) is 20.6. The van der Waals surface area contributed by atoms with Gasteiger partial charge in [0.25, 0.3) is 0 Å². The third-order valence-corrected chi connectivity index (χ3v) is 7.61. The van der Waals surface area contributed by atoms with Gasteiger partial charge in [0.2, 0.25) is 0 Å². The molecule has 0 bridgehead atoms. The van der Waals surface area contributed by atoms with E-state index >= 15 is 0 Å². The second-order valence-electron chi connectivity index (χ2n) is 8.56. The van der Waals surface area contributed by atoms with Crippen LogP contribution in [0.15, 0.2) is 23.2 Å². The van der Waals surface area contributed by atoms with E-state index < -0.39 is 0 Å². The number of thioether (sulfide) groups is 1. The molecule has 0 spiro atoms. The highest BCUT2D eigenvalue weighted by Gasteiger charge is 2.25. The third kappa shape index (κ3) is 4.65. The lowest BCUT2D eigenvalue weighted by atomic mass is 10.1. The average Bonchev–Trinajstić information content (AvgIpc) is 3.46. The fourth-order valence-electron chi connectivity index (χ4n) is 4.56. The number of hydrogen-bond acceptors (Lipinski definition) is 6. The topological polar surface area (TPSA) is 72.9 Å². The Morgan fingerprint density at radius 2 is 2.13 bits per heavy atom. The van der Waals surface area contributed by atoms with Crippen molar-refractivity contribution >= 4 is 45.0 Å². The molecule has 30 heavy (non-hydrogen) atoms. The van der Waals surface area contributed by atoms with E-state index in [2.05, 4.69) is 21.3 Å². The molecule has 2 atom stereocenters. The number of fused-ring (bicyclic) bond motifs is 1. The van der Waals surface area contributed by atoms with Crippen LogP contribution >= 0.6 is 23.4 Å². The van der Waals surface area contributed by atoms with Crippen molar-refractivity contribution in [2.75, 3.05) is 43.9 Å². The molecule has 3 aliphatic heterocycles. The maximum atomic E-state index is 9.70. The predicted molar refractivity (Wildman–Crippen MR) is 125 cm³/mol. The number of aliphatic hydroxyl groups is 1. The molecular formula is C22H29ClN4O2S. The van der Waals surface area contributed by atoms with Gasteiger partial charge >= 0.3 is 0 Å². The number of halogens is 1. The van der Waals surface area contributed by atoms with Crippen molar-refractivity contribution < 1.29 is 9.84 Å². The van der Waals surface area contributed by atoms with Gasteiger partial charge in [0.1, 0.15) is 5.04 Å². The lowest BCUT2D eigenvalue weighted by Crippen LogP contribution is -2.27. The molecule has 3 aliphatic rings. The summed E-state index contributed by atoms with van der Waals surface area (Å²) in [5.41, 5.74) is 3.23. The molecule has 4 heterocycles. The molecule has 0 aliphatic carbocycles. The van der Waals surface area contributed by atoms with E-state index in [0.717, 1.165) is 96.6 Å². The molecule has 1 aromatic heterocycles. The van der Waals surface area contributed by atoms with Crippen molar-refractivity contribution in [2.45, 2.75) is 43.9 Å². The number of β-amino-alcohol motifs (C(OH)–C–C–N with tert-alkyl or cyclic N) is 1. The number of H-pyrrole nitrogens is 1. The molecular weight excluding hydrogens is 420 g/mol. The fourth-order valence-corrected chi connectivity index (χ4v) is 5.86. The molecule has 5 rings (SSSR count). The summed E-state index contributed by atoms with van der Waals surface area (Å²) >= 11 is 8.24. The Kier molecular flexibility index (Phi) is 6.25. The fraction of sp³-hybridized carbons (Fsp3) is 0.591. The highest BCUT2D eigenvalue weighted by molar-refractivity contribution is 8.14. The number of aliphatic imine (C=N–C) groups is 1. The van der Waals surface area contributed by atoms with E-state index in [-0.39, 0.29) is 6.10 Å². The number of aromatic nitrogens is 1. The number of hydrogen-bond donors (Lipinski definition) is 3. The van der Waals surface area contributed by atoms with Crippen LogP contribution in [0.25, 0.3) is 10.9 Å². The van der Waals surface area contributed by atoms with Crippen LogP contribution in [0.5, 0.6) is 0 Å². The van der Waals surface area contributed by atoms with Crippen LogP contribution in [0, 0.1) is 0 Å². The molecule has 0 amide bonds. The number of anilines is 1. The minimum atomic E-state index is -0.149. The van der Waals surface area contributed by atoms with Gasteiger partial charge in [-0.05, 0) is 43.9 Å². The molecule has 2 saturated heterocycles. The van der Waals surface area contributed by atoms with Gasteiger partial charge in [0.05, 0.1) is 29.0 Å². The Balaban J connectivity index is 1.30. The van der Waals surface area contributed by atoms with E-state index in [9.17, 15) is 5.11 Å². The van der Waals surface area contributed by atoms with E-state index in [1.165, 1.54) is 0 Å². The minimum absolute atomic E-state index is 0.149. The van der Waals surface area contributed by atoms with Crippen molar-refractivity contribution in [3.63, 3.8) is 0 Å². The molecule has 162 valence electrons. The lowest BCUT2D eigenvalue weighted by Gasteiger charge is -2.24. The summed E-state index contributed by atoms with van der Waals surface area (Å²) < 4.78 is 5.48. The van der Waals surface area contributed by atoms with Crippen LogP contribution in [-0.4, -0.2) is 76.8 Å². The summed E-state index contributed by atoms with van der Waals surface area (Å²) in [6.45, 7) is 4.44. The molecule has 2 aromatic rings. The molecule has 2 fully saturated rings. The predicted octanol–water partition coefficient (Wildman–Crippen LogP) is 3.73. The second kappa shape index (κ2) is 9.09. The number of rotatable bonds is 6. The van der Waals surface area contributed by atoms with Crippen molar-refractivity contribution in [1.82, 2.24) is 9.88 Å². The number of nitrogens with zero attached hydrogens (tertiary/aromatic N) is 2. The zero-order valence-electron chi connectivity index (χ0n) is 17.1. The highest BCUT2D eigenvalue weighted by atomic mass is 35.5. The van der Waals surface area contributed by atoms with Crippen LogP contribution in [-0.2, 0) is 4.74 Å². The second-order valence-corrected chi connectivity index (χ2v) is 10.0. The minimum Gasteiger partial charge on any atom is -0.392 e. The maximum absolute atomic E-state index is 9.70. The number of aliphatic hydroxyl groups excluding tert-OH is 1. The summed E-state index contributed by atoms with van der Waals surface area (Å²) in [7, 11) is 0. The van der Waals surface area contributed by atoms with Crippen LogP contribution in [0.3, 0.4) is 0 Å². The number of aromatic amines is 1. The molecule has 0 saturated carbocycles. The first-order valence-corrected chi connectivity index (χ1v) is 12.3. The summed E-state index contributed by atoms with van der Waals surface area (Å²) in [6.07, 6.45) is 3.82. The Labute approximate surface area is 186 Å². The first-order valence-electron chi connectivity index (χ1n) is 10.9. The van der Waals surface area contributed by atoms with E-state index in [4.69, 9.17) is 21.3 Å². The normalized spacial score (nSPS) is 25.9. The number of benzene rings is 1. The Morgan fingerprint density at radius 3 is 2.93 bits per heavy atom. The largest absolute Gasteiger partial charge is 0.392 e. The van der Waals surface area contributed by atoms with Crippen molar-refractivity contribution in [1.29, 1.82) is 0 Å². The summed E-state index contributed by atoms with van der Waals surface area (Å²) in [5, 5.41) is 16.3. The third-order valence-electron chi connectivity index (χ3n) is 6.24. The zero-order chi connectivity index (χ0) is 20.5. The van der Waals surface area contributed by atoms with Crippen molar-refractivity contribution in [2.24, 2.45) is 4.99 Å². The van der Waals surface area contributed by atoms with Crippen LogP contribution < -0.4 is 5.32 Å². The molecule has 8 heteroatoms. The van der Waals surface area contributed by atoms with Gasteiger partial charge in [-0.3, -0.25) is 4.99 Å². The average molecular weight is 449 g/mol. The van der Waals surface area contributed by atoms with Crippen molar-refractivity contribution in [3.05, 3.63) is 28.9 Å². The SMILES string of the molecule is OC1CCN(CC[C@@H]2CSC(c3cc4cc(Cl)cc(NC5CCOCC5)c4[nH]3)=N2)C1. The smallest absolute Gasteiger partial charge is 0.114 e. The molecule has 0 radical (unpaired) electrons. The number of nitrogens with one attached hydrogen (secondary N) is 2. The highest BCUT2D eigenvalue weighted by Crippen LogP contribution is 2.33. The zero-order valence-corrected chi connectivity index (χ0v) is 18.6. The maximum Gasteiger partial charge on any atom is 0.114 e. The Morgan fingerprint density at radius 1 is 1.27 bits per heavy atom. The van der Waals surface area contributed by atoms with Gasteiger partial charge in [-0.1, -0.05) is 11.6 Å². The Hall–Kier alpha value is -1.25. The van der Waals surface area contributed by atoms with Gasteiger partial charge in [-0.2, -0.15) is 0 Å². The van der Waals surface area contributed by atoms with Gasteiger partial charge in [0.15, 0.2) is 0 Å². The van der Waals surface area contributed by atoms with Crippen LogP contribution in [0.1, 0.15) is 31.4 Å². The van der Waals surface area contributed by atoms with E-state index in [1.807, 2.05) is 23.9 Å². The number of likely N-dealkylation sites (tertiary alicyclic amines) is 1. The lowest BCUT2D eigenvalue weighted by molar-refractivity contribution is 0.0905. The van der Waals surface area contributed by atoms with Crippen molar-refractivity contribution in [3.8, 4) is 0 Å². The Bertz CT molecular complexity index is 927. The van der Waals surface area contributed by atoms with Crippen LogP contribution in [0.2, 0.25) is 5.02 Å². The van der Waals surface area contributed by atoms with E-state index in [1.54, 1.807) is 0 Å². The summed E-state index contributed by atoms with van der Waals surface area (Å²) in [4.78, 5) is 10.9. The van der Waals surface area contributed by atoms with Crippen LogP contribution in [0.4, 0.5) is 5.69 Å². The molecule has 1 unspecified atom stereocenters. The van der Waals surface area contributed by atoms with Gasteiger partial charge in [0, 0.05) is 55.1 Å². The quantitative estimate of drug-likeness (QED) is 0.628. The first-order chi connectivity index (χ1) is 14.6. The summed E-state index contributed by atoms with van der Waals surface area (Å²) in [6, 6.07) is 6.96. The number of ether oxygens (including phenoxy) is 1. The molecule has 1 aromatic carbocycles. The van der Waals surface area contributed by atoms with Gasteiger partial charge in [-0.25, -0.2) is 0 Å². The standard InChI is InChI=1S/C22H29ClN4O2S/c23-15-9-14-10-20(26-21(14)19(11-15)24-16-3-7-29-8-4-16)22-25-17(13-30-22)1-5-27-6-2-18(28)12-27/h9-11,16-18,24,26,28H,1-8,12-13H2/t17-,18?/m1/s1.